The lowest BCUT2D eigenvalue weighted by molar-refractivity contribution is -0.148. The van der Waals surface area contributed by atoms with Gasteiger partial charge in [0.05, 0.1) is 25.7 Å². The third-order valence-electron chi connectivity index (χ3n) is 3.47. The Morgan fingerprint density at radius 1 is 1.33 bits per heavy atom. The first-order chi connectivity index (χ1) is 8.55. The summed E-state index contributed by atoms with van der Waals surface area (Å²) < 4.78 is 10.2. The van der Waals surface area contributed by atoms with Gasteiger partial charge in [-0.05, 0) is 25.0 Å². The fourth-order valence-corrected chi connectivity index (χ4v) is 2.08. The number of carboxylic acids is 1. The largest absolute Gasteiger partial charge is 0.497 e. The Morgan fingerprint density at radius 2 is 2.00 bits per heavy atom. The number of aliphatic carboxylic acids is 1. The molecule has 1 aliphatic rings. The van der Waals surface area contributed by atoms with Crippen LogP contribution in [0.1, 0.15) is 24.5 Å². The number of aliphatic hydroxyl groups excluding tert-OH is 1. The molecule has 0 saturated heterocycles. The number of ether oxygens (including phenoxy) is 2. The van der Waals surface area contributed by atoms with Crippen LogP contribution in [-0.2, 0) is 4.79 Å². The van der Waals surface area contributed by atoms with E-state index >= 15 is 0 Å². The highest BCUT2D eigenvalue weighted by Gasteiger charge is 2.57. The van der Waals surface area contributed by atoms with Gasteiger partial charge in [-0.25, -0.2) is 0 Å². The van der Waals surface area contributed by atoms with Crippen LogP contribution in [0.3, 0.4) is 0 Å². The molecule has 1 saturated carbocycles. The van der Waals surface area contributed by atoms with E-state index in [2.05, 4.69) is 0 Å². The van der Waals surface area contributed by atoms with E-state index in [1.807, 2.05) is 0 Å². The highest BCUT2D eigenvalue weighted by Crippen LogP contribution is 2.56. The van der Waals surface area contributed by atoms with Crippen molar-refractivity contribution >= 4 is 5.97 Å². The van der Waals surface area contributed by atoms with Crippen molar-refractivity contribution in [2.24, 2.45) is 5.41 Å². The summed E-state index contributed by atoms with van der Waals surface area (Å²) in [5.74, 6) is 0.0743. The zero-order chi connectivity index (χ0) is 13.3. The summed E-state index contributed by atoms with van der Waals surface area (Å²) >= 11 is 0. The molecule has 2 N–H and O–H groups in total. The minimum absolute atomic E-state index is 0.439. The van der Waals surface area contributed by atoms with E-state index in [0.717, 1.165) is 0 Å². The van der Waals surface area contributed by atoms with Crippen molar-refractivity contribution in [1.29, 1.82) is 0 Å². The summed E-state index contributed by atoms with van der Waals surface area (Å²) in [5, 5.41) is 19.4. The zero-order valence-corrected chi connectivity index (χ0v) is 10.3. The second kappa shape index (κ2) is 4.49. The second-order valence-corrected chi connectivity index (χ2v) is 4.47. The number of methoxy groups -OCH3 is 2. The van der Waals surface area contributed by atoms with Crippen molar-refractivity contribution in [3.63, 3.8) is 0 Å². The molecule has 1 fully saturated rings. The highest BCUT2D eigenvalue weighted by molar-refractivity contribution is 5.79. The number of rotatable bonds is 5. The molecule has 0 bridgehead atoms. The summed E-state index contributed by atoms with van der Waals surface area (Å²) in [4.78, 5) is 11.2. The SMILES string of the molecule is COc1ccc(C(O)C2(C(=O)O)CC2)c(OC)c1. The van der Waals surface area contributed by atoms with Crippen LogP contribution >= 0.6 is 0 Å². The molecule has 1 aromatic carbocycles. The van der Waals surface area contributed by atoms with Gasteiger partial charge in [0.25, 0.3) is 0 Å². The van der Waals surface area contributed by atoms with Crippen molar-refractivity contribution in [1.82, 2.24) is 0 Å². The van der Waals surface area contributed by atoms with Gasteiger partial charge in [0, 0.05) is 11.6 Å². The minimum atomic E-state index is -1.06. The predicted octanol–water partition coefficient (Wildman–Crippen LogP) is 1.60. The van der Waals surface area contributed by atoms with Crippen LogP contribution in [0, 0.1) is 5.41 Å². The Balaban J connectivity index is 2.36. The molecule has 5 nitrogen and oxygen atoms in total. The third kappa shape index (κ3) is 1.90. The number of benzene rings is 1. The number of carboxylic acid groups (broad SMARTS) is 1. The van der Waals surface area contributed by atoms with Gasteiger partial charge >= 0.3 is 5.97 Å². The maximum absolute atomic E-state index is 11.2. The lowest BCUT2D eigenvalue weighted by Gasteiger charge is -2.21. The number of hydrogen-bond acceptors (Lipinski definition) is 4. The van der Waals surface area contributed by atoms with Gasteiger partial charge in [0.15, 0.2) is 0 Å². The van der Waals surface area contributed by atoms with Crippen LogP contribution in [0.25, 0.3) is 0 Å². The van der Waals surface area contributed by atoms with Crippen LogP contribution in [0.4, 0.5) is 0 Å². The highest BCUT2D eigenvalue weighted by atomic mass is 16.5. The quantitative estimate of drug-likeness (QED) is 0.832. The molecule has 1 unspecified atom stereocenters. The molecule has 1 aromatic rings. The van der Waals surface area contributed by atoms with Crippen LogP contribution in [0.5, 0.6) is 11.5 Å². The van der Waals surface area contributed by atoms with Crippen molar-refractivity contribution < 1.29 is 24.5 Å². The summed E-state index contributed by atoms with van der Waals surface area (Å²) in [5.41, 5.74) is -0.569. The van der Waals surface area contributed by atoms with Crippen LogP contribution in [-0.4, -0.2) is 30.4 Å². The van der Waals surface area contributed by atoms with E-state index in [-0.39, 0.29) is 0 Å². The molecule has 0 amide bonds. The topological polar surface area (TPSA) is 76.0 Å². The number of hydrogen-bond donors (Lipinski definition) is 2. The molecular weight excluding hydrogens is 236 g/mol. The fraction of sp³-hybridized carbons (Fsp3) is 0.462. The van der Waals surface area contributed by atoms with E-state index < -0.39 is 17.5 Å². The van der Waals surface area contributed by atoms with Gasteiger partial charge in [-0.1, -0.05) is 0 Å². The molecule has 5 heteroatoms. The Morgan fingerprint density at radius 3 is 2.44 bits per heavy atom. The van der Waals surface area contributed by atoms with Crippen LogP contribution in [0.15, 0.2) is 18.2 Å². The molecule has 98 valence electrons. The Hall–Kier alpha value is -1.75. The Kier molecular flexibility index (Phi) is 3.17. The van der Waals surface area contributed by atoms with Gasteiger partial charge in [0.2, 0.25) is 0 Å². The lowest BCUT2D eigenvalue weighted by atomic mass is 9.92. The molecular formula is C13H16O5. The maximum atomic E-state index is 11.2. The molecule has 0 aliphatic heterocycles. The molecule has 18 heavy (non-hydrogen) atoms. The normalized spacial score (nSPS) is 17.9. The predicted molar refractivity (Wildman–Crippen MR) is 63.8 cm³/mol. The van der Waals surface area contributed by atoms with Gasteiger partial charge in [-0.3, -0.25) is 4.79 Å². The molecule has 1 atom stereocenters. The minimum Gasteiger partial charge on any atom is -0.497 e. The van der Waals surface area contributed by atoms with Crippen LogP contribution in [0.2, 0.25) is 0 Å². The summed E-state index contributed by atoms with van der Waals surface area (Å²) in [6, 6.07) is 4.96. The van der Waals surface area contributed by atoms with Crippen molar-refractivity contribution in [2.75, 3.05) is 14.2 Å². The van der Waals surface area contributed by atoms with Gasteiger partial charge in [0.1, 0.15) is 11.5 Å². The number of carbonyl (C=O) groups is 1. The molecule has 0 aromatic heterocycles. The van der Waals surface area contributed by atoms with E-state index in [1.165, 1.54) is 14.2 Å². The zero-order valence-electron chi connectivity index (χ0n) is 10.3. The molecule has 0 heterocycles. The Labute approximate surface area is 105 Å². The van der Waals surface area contributed by atoms with E-state index in [0.29, 0.717) is 29.9 Å². The Bertz CT molecular complexity index is 464. The smallest absolute Gasteiger partial charge is 0.312 e. The average Bonchev–Trinajstić information content (AvgIpc) is 3.18. The van der Waals surface area contributed by atoms with Gasteiger partial charge in [-0.15, -0.1) is 0 Å². The van der Waals surface area contributed by atoms with Crippen LogP contribution < -0.4 is 9.47 Å². The van der Waals surface area contributed by atoms with E-state index in [1.54, 1.807) is 18.2 Å². The maximum Gasteiger partial charge on any atom is 0.312 e. The summed E-state index contributed by atoms with van der Waals surface area (Å²) in [6.45, 7) is 0. The lowest BCUT2D eigenvalue weighted by Crippen LogP contribution is -2.23. The van der Waals surface area contributed by atoms with E-state index in [9.17, 15) is 15.0 Å². The van der Waals surface area contributed by atoms with Crippen molar-refractivity contribution in [3.05, 3.63) is 23.8 Å². The first kappa shape index (κ1) is 12.7. The fourth-order valence-electron chi connectivity index (χ4n) is 2.08. The molecule has 1 aliphatic carbocycles. The van der Waals surface area contributed by atoms with Crippen molar-refractivity contribution in [2.45, 2.75) is 18.9 Å². The monoisotopic (exact) mass is 252 g/mol. The molecule has 0 radical (unpaired) electrons. The van der Waals surface area contributed by atoms with Gasteiger partial charge in [-0.2, -0.15) is 0 Å². The first-order valence-electron chi connectivity index (χ1n) is 5.68. The van der Waals surface area contributed by atoms with Crippen molar-refractivity contribution in [3.8, 4) is 11.5 Å². The molecule has 2 rings (SSSR count). The van der Waals surface area contributed by atoms with E-state index in [4.69, 9.17) is 9.47 Å². The standard InChI is InChI=1S/C13H16O5/c1-17-8-3-4-9(10(7-8)18-2)11(14)13(5-6-13)12(15)16/h3-4,7,11,14H,5-6H2,1-2H3,(H,15,16). The number of aliphatic hydroxyl groups is 1. The summed E-state index contributed by atoms with van der Waals surface area (Å²) in [6.07, 6.45) is -0.0898. The first-order valence-corrected chi connectivity index (χ1v) is 5.68. The third-order valence-corrected chi connectivity index (χ3v) is 3.47. The van der Waals surface area contributed by atoms with Gasteiger partial charge < -0.3 is 19.7 Å². The average molecular weight is 252 g/mol. The summed E-state index contributed by atoms with van der Waals surface area (Å²) in [7, 11) is 3.01. The second-order valence-electron chi connectivity index (χ2n) is 4.47. The molecule has 0 spiro atoms.